The predicted octanol–water partition coefficient (Wildman–Crippen LogP) is 2.45. The van der Waals surface area contributed by atoms with Gasteiger partial charge in [-0.25, -0.2) is 14.5 Å². The summed E-state index contributed by atoms with van der Waals surface area (Å²) in [4.78, 5) is 13.1. The van der Waals surface area contributed by atoms with Crippen molar-refractivity contribution >= 4 is 23.1 Å². The van der Waals surface area contributed by atoms with Gasteiger partial charge < -0.3 is 4.74 Å². The standard InChI is InChI=1S/C16H15N5O/c1-10-19-16(22-2)15-13(4-6-21(15)20-10)12-7-11-3-5-17-14(8-11)18-9-12/h3-7,9,11H,8H2,1-2H3. The van der Waals surface area contributed by atoms with Gasteiger partial charge in [0.15, 0.2) is 0 Å². The summed E-state index contributed by atoms with van der Waals surface area (Å²) in [5.41, 5.74) is 2.91. The summed E-state index contributed by atoms with van der Waals surface area (Å²) < 4.78 is 7.24. The summed E-state index contributed by atoms with van der Waals surface area (Å²) >= 11 is 0. The second-order valence-corrected chi connectivity index (χ2v) is 5.33. The molecule has 0 aromatic carbocycles. The molecule has 0 spiro atoms. The quantitative estimate of drug-likeness (QED) is 0.854. The van der Waals surface area contributed by atoms with Crippen LogP contribution in [0.5, 0.6) is 5.88 Å². The molecule has 0 N–H and O–H groups in total. The molecule has 1 unspecified atom stereocenters. The number of fused-ring (bicyclic) bond motifs is 3. The number of ether oxygens (including phenoxy) is 1. The van der Waals surface area contributed by atoms with Crippen LogP contribution in [0.15, 0.2) is 40.6 Å². The minimum absolute atomic E-state index is 0.317. The van der Waals surface area contributed by atoms with E-state index in [1.807, 2.05) is 31.6 Å². The third kappa shape index (κ3) is 2.04. The molecule has 2 aliphatic rings. The lowest BCUT2D eigenvalue weighted by molar-refractivity contribution is 0.397. The van der Waals surface area contributed by atoms with Crippen LogP contribution in [0.3, 0.4) is 0 Å². The molecule has 4 heterocycles. The molecule has 2 aromatic rings. The Morgan fingerprint density at radius 1 is 1.36 bits per heavy atom. The topological polar surface area (TPSA) is 64.1 Å². The van der Waals surface area contributed by atoms with Crippen LogP contribution in [-0.4, -0.2) is 33.8 Å². The maximum atomic E-state index is 5.43. The van der Waals surface area contributed by atoms with Crippen molar-refractivity contribution in [3.8, 4) is 5.88 Å². The average Bonchev–Trinajstić information content (AvgIpc) is 2.88. The van der Waals surface area contributed by atoms with Gasteiger partial charge in [0.2, 0.25) is 5.88 Å². The molecule has 0 radical (unpaired) electrons. The molecule has 1 atom stereocenters. The molecule has 6 heteroatoms. The maximum Gasteiger partial charge on any atom is 0.242 e. The molecular weight excluding hydrogens is 278 g/mol. The zero-order valence-electron chi connectivity index (χ0n) is 12.4. The normalized spacial score (nSPS) is 19.8. The number of nitrogens with zero attached hydrogens (tertiary/aromatic N) is 5. The first-order valence-corrected chi connectivity index (χ1v) is 7.14. The molecule has 2 aliphatic heterocycles. The van der Waals surface area contributed by atoms with Crippen molar-refractivity contribution in [2.24, 2.45) is 15.9 Å². The van der Waals surface area contributed by atoms with Crippen molar-refractivity contribution in [2.45, 2.75) is 13.3 Å². The highest BCUT2D eigenvalue weighted by molar-refractivity contribution is 6.17. The molecule has 22 heavy (non-hydrogen) atoms. The third-order valence-electron chi connectivity index (χ3n) is 3.81. The summed E-state index contributed by atoms with van der Waals surface area (Å²) in [6, 6.07) is 2.02. The fourth-order valence-corrected chi connectivity index (χ4v) is 2.82. The first-order chi connectivity index (χ1) is 10.7. The van der Waals surface area contributed by atoms with Crippen LogP contribution in [0.4, 0.5) is 0 Å². The number of aromatic nitrogens is 3. The van der Waals surface area contributed by atoms with Crippen LogP contribution in [0.25, 0.3) is 11.1 Å². The Morgan fingerprint density at radius 2 is 2.27 bits per heavy atom. The fourth-order valence-electron chi connectivity index (χ4n) is 2.82. The second-order valence-electron chi connectivity index (χ2n) is 5.33. The van der Waals surface area contributed by atoms with E-state index >= 15 is 0 Å². The van der Waals surface area contributed by atoms with E-state index in [4.69, 9.17) is 4.74 Å². The van der Waals surface area contributed by atoms with Crippen LogP contribution < -0.4 is 4.74 Å². The number of amidine groups is 1. The van der Waals surface area contributed by atoms with Gasteiger partial charge in [0, 0.05) is 36.5 Å². The van der Waals surface area contributed by atoms with E-state index in [1.165, 1.54) is 0 Å². The van der Waals surface area contributed by atoms with Crippen molar-refractivity contribution in [1.29, 1.82) is 0 Å². The molecule has 0 saturated heterocycles. The number of aryl methyl sites for hydroxylation is 1. The zero-order chi connectivity index (χ0) is 15.1. The Balaban J connectivity index is 1.91. The van der Waals surface area contributed by atoms with Crippen LogP contribution >= 0.6 is 0 Å². The molecule has 0 aliphatic carbocycles. The summed E-state index contributed by atoms with van der Waals surface area (Å²) in [6.45, 7) is 1.85. The van der Waals surface area contributed by atoms with Crippen LogP contribution in [0.1, 0.15) is 17.8 Å². The van der Waals surface area contributed by atoms with Gasteiger partial charge in [-0.05, 0) is 18.6 Å². The zero-order valence-corrected chi connectivity index (χ0v) is 12.4. The van der Waals surface area contributed by atoms with Crippen molar-refractivity contribution in [3.63, 3.8) is 0 Å². The lowest BCUT2D eigenvalue weighted by atomic mass is 9.98. The largest absolute Gasteiger partial charge is 0.479 e. The molecule has 0 amide bonds. The highest BCUT2D eigenvalue weighted by atomic mass is 16.5. The predicted molar refractivity (Wildman–Crippen MR) is 85.4 cm³/mol. The molecular formula is C16H15N5O. The lowest BCUT2D eigenvalue weighted by Crippen LogP contribution is -2.03. The van der Waals surface area contributed by atoms with Gasteiger partial charge in [-0.1, -0.05) is 12.2 Å². The number of allylic oxidation sites excluding steroid dienone is 3. The molecule has 0 saturated carbocycles. The third-order valence-corrected chi connectivity index (χ3v) is 3.81. The fraction of sp³-hybridized carbons (Fsp3) is 0.250. The smallest absolute Gasteiger partial charge is 0.242 e. The molecule has 2 bridgehead atoms. The minimum atomic E-state index is 0.317. The first-order valence-electron chi connectivity index (χ1n) is 7.14. The van der Waals surface area contributed by atoms with Gasteiger partial charge >= 0.3 is 0 Å². The minimum Gasteiger partial charge on any atom is -0.479 e. The highest BCUT2D eigenvalue weighted by Gasteiger charge is 2.19. The maximum absolute atomic E-state index is 5.43. The SMILES string of the molecule is COc1nc(C)nn2ccc(C3=CC4C=CN=C(C4)N=C3)c12. The molecule has 0 fully saturated rings. The summed E-state index contributed by atoms with van der Waals surface area (Å²) in [7, 11) is 1.62. The van der Waals surface area contributed by atoms with Crippen molar-refractivity contribution in [2.75, 3.05) is 7.11 Å². The summed E-state index contributed by atoms with van der Waals surface area (Å²) in [6.07, 6.45) is 10.7. The summed E-state index contributed by atoms with van der Waals surface area (Å²) in [5.74, 6) is 2.42. The Labute approximate surface area is 127 Å². The van der Waals surface area contributed by atoms with E-state index in [1.54, 1.807) is 11.6 Å². The Bertz CT molecular complexity index is 872. The van der Waals surface area contributed by atoms with Gasteiger partial charge in [0.25, 0.3) is 0 Å². The average molecular weight is 293 g/mol. The van der Waals surface area contributed by atoms with Gasteiger partial charge in [-0.3, -0.25) is 0 Å². The van der Waals surface area contributed by atoms with E-state index in [-0.39, 0.29) is 0 Å². The number of hydrogen-bond acceptors (Lipinski definition) is 5. The molecule has 4 rings (SSSR count). The second kappa shape index (κ2) is 4.91. The van der Waals surface area contributed by atoms with Crippen molar-refractivity contribution < 1.29 is 4.74 Å². The van der Waals surface area contributed by atoms with Crippen LogP contribution in [0, 0.1) is 12.8 Å². The van der Waals surface area contributed by atoms with Crippen LogP contribution in [-0.2, 0) is 0 Å². The Morgan fingerprint density at radius 3 is 3.14 bits per heavy atom. The van der Waals surface area contributed by atoms with E-state index in [0.717, 1.165) is 28.9 Å². The van der Waals surface area contributed by atoms with Gasteiger partial charge in [0.1, 0.15) is 17.2 Å². The van der Waals surface area contributed by atoms with E-state index in [0.29, 0.717) is 17.6 Å². The van der Waals surface area contributed by atoms with Gasteiger partial charge in [-0.15, -0.1) is 0 Å². The van der Waals surface area contributed by atoms with Crippen molar-refractivity contribution in [1.82, 2.24) is 14.6 Å². The van der Waals surface area contributed by atoms with E-state index < -0.39 is 0 Å². The number of aliphatic imine (C=N–C) groups is 2. The Kier molecular flexibility index (Phi) is 2.89. The highest BCUT2D eigenvalue weighted by Crippen LogP contribution is 2.30. The number of methoxy groups -OCH3 is 1. The number of hydrogen-bond donors (Lipinski definition) is 0. The molecule has 6 nitrogen and oxygen atoms in total. The van der Waals surface area contributed by atoms with Crippen LogP contribution in [0.2, 0.25) is 0 Å². The van der Waals surface area contributed by atoms with Crippen molar-refractivity contribution in [3.05, 3.63) is 42.0 Å². The molecule has 2 aromatic heterocycles. The van der Waals surface area contributed by atoms with E-state index in [2.05, 4.69) is 32.2 Å². The monoisotopic (exact) mass is 293 g/mol. The summed E-state index contributed by atoms with van der Waals surface area (Å²) in [5, 5.41) is 4.41. The van der Waals surface area contributed by atoms with Gasteiger partial charge in [-0.2, -0.15) is 10.1 Å². The molecule has 110 valence electrons. The number of rotatable bonds is 2. The van der Waals surface area contributed by atoms with E-state index in [9.17, 15) is 0 Å². The Hall–Kier alpha value is -2.76. The first kappa shape index (κ1) is 12.9. The lowest BCUT2D eigenvalue weighted by Gasteiger charge is -2.09. The van der Waals surface area contributed by atoms with Gasteiger partial charge in [0.05, 0.1) is 7.11 Å².